The van der Waals surface area contributed by atoms with E-state index >= 15 is 0 Å². The highest BCUT2D eigenvalue weighted by molar-refractivity contribution is 5.75. The van der Waals surface area contributed by atoms with Gasteiger partial charge in [0, 0.05) is 44.8 Å². The van der Waals surface area contributed by atoms with Crippen molar-refractivity contribution in [2.45, 2.75) is 19.0 Å². The number of hydrogen-bond donors (Lipinski definition) is 2. The van der Waals surface area contributed by atoms with Crippen molar-refractivity contribution in [3.8, 4) is 0 Å². The van der Waals surface area contributed by atoms with E-state index in [4.69, 9.17) is 0 Å². The molecule has 128 valence electrons. The Kier molecular flexibility index (Phi) is 4.43. The molecule has 0 aliphatic carbocycles. The van der Waals surface area contributed by atoms with E-state index < -0.39 is 0 Å². The van der Waals surface area contributed by atoms with Gasteiger partial charge in [0.05, 0.1) is 28.6 Å². The van der Waals surface area contributed by atoms with E-state index in [-0.39, 0.29) is 0 Å². The first-order valence-electron chi connectivity index (χ1n) is 8.62. The zero-order chi connectivity index (χ0) is 17.1. The van der Waals surface area contributed by atoms with Gasteiger partial charge in [-0.05, 0) is 36.7 Å². The van der Waals surface area contributed by atoms with Crippen molar-refractivity contribution in [3.63, 3.8) is 0 Å². The fourth-order valence-electron chi connectivity index (χ4n) is 3.31. The van der Waals surface area contributed by atoms with Crippen LogP contribution in [0.5, 0.6) is 0 Å². The molecular weight excluding hydrogens is 312 g/mol. The molecule has 1 atom stereocenters. The highest BCUT2D eigenvalue weighted by Gasteiger charge is 2.21. The normalized spacial score (nSPS) is 16.9. The number of aromatic nitrogens is 3. The molecule has 1 unspecified atom stereocenters. The molecule has 3 aromatic rings. The smallest absolute Gasteiger partial charge is 0.0890 e. The van der Waals surface area contributed by atoms with Crippen LogP contribution in [0.1, 0.15) is 12.0 Å². The van der Waals surface area contributed by atoms with Crippen LogP contribution in [-0.4, -0.2) is 41.1 Å². The average molecular weight is 334 g/mol. The minimum atomic E-state index is 0.527. The van der Waals surface area contributed by atoms with Crippen LogP contribution in [-0.2, 0) is 6.54 Å². The number of anilines is 2. The van der Waals surface area contributed by atoms with E-state index in [1.807, 2.05) is 18.5 Å². The van der Waals surface area contributed by atoms with Crippen molar-refractivity contribution in [2.75, 3.05) is 30.4 Å². The second-order valence-corrected chi connectivity index (χ2v) is 6.38. The fourth-order valence-corrected chi connectivity index (χ4v) is 3.31. The molecule has 2 aromatic heterocycles. The third-order valence-corrected chi connectivity index (χ3v) is 4.78. The summed E-state index contributed by atoms with van der Waals surface area (Å²) >= 11 is 0. The minimum absolute atomic E-state index is 0.527. The molecule has 1 aliphatic heterocycles. The first kappa shape index (κ1) is 15.8. The lowest BCUT2D eigenvalue weighted by atomic mass is 10.1. The van der Waals surface area contributed by atoms with Gasteiger partial charge in [-0.15, -0.1) is 0 Å². The molecular formula is C19H22N6. The summed E-state index contributed by atoms with van der Waals surface area (Å²) in [6.07, 6.45) is 8.36. The fraction of sp³-hybridized carbons (Fsp3) is 0.316. The molecule has 0 spiro atoms. The molecule has 4 rings (SSSR count). The number of benzene rings is 1. The molecule has 1 fully saturated rings. The van der Waals surface area contributed by atoms with Crippen LogP contribution in [0.25, 0.3) is 11.0 Å². The summed E-state index contributed by atoms with van der Waals surface area (Å²) in [7, 11) is 2.16. The molecule has 1 aromatic carbocycles. The van der Waals surface area contributed by atoms with Crippen molar-refractivity contribution in [1.29, 1.82) is 0 Å². The molecule has 25 heavy (non-hydrogen) atoms. The molecule has 6 nitrogen and oxygen atoms in total. The SMILES string of the molecule is CN(c1ccncc1NCc1ccc2nccnc2c1)C1CCNC1. The molecule has 0 saturated carbocycles. The Morgan fingerprint density at radius 2 is 2.04 bits per heavy atom. The summed E-state index contributed by atoms with van der Waals surface area (Å²) < 4.78 is 0. The summed E-state index contributed by atoms with van der Waals surface area (Å²) in [5, 5.41) is 6.95. The lowest BCUT2D eigenvalue weighted by Gasteiger charge is -2.28. The number of hydrogen-bond acceptors (Lipinski definition) is 6. The number of nitrogens with zero attached hydrogens (tertiary/aromatic N) is 4. The van der Waals surface area contributed by atoms with Gasteiger partial charge in [0.1, 0.15) is 0 Å². The molecule has 6 heteroatoms. The molecule has 3 heterocycles. The van der Waals surface area contributed by atoms with Gasteiger partial charge in [0.25, 0.3) is 0 Å². The molecule has 0 amide bonds. The van der Waals surface area contributed by atoms with Gasteiger partial charge in [0.2, 0.25) is 0 Å². The van der Waals surface area contributed by atoms with E-state index in [2.05, 4.69) is 55.7 Å². The van der Waals surface area contributed by atoms with Crippen molar-refractivity contribution in [2.24, 2.45) is 0 Å². The third kappa shape index (κ3) is 3.39. The van der Waals surface area contributed by atoms with Crippen molar-refractivity contribution in [3.05, 3.63) is 54.6 Å². The number of fused-ring (bicyclic) bond motifs is 1. The van der Waals surface area contributed by atoms with E-state index in [9.17, 15) is 0 Å². The Morgan fingerprint density at radius 1 is 1.16 bits per heavy atom. The zero-order valence-corrected chi connectivity index (χ0v) is 14.3. The van der Waals surface area contributed by atoms with Gasteiger partial charge in [-0.25, -0.2) is 0 Å². The molecule has 0 bridgehead atoms. The Labute approximate surface area is 147 Å². The first-order chi connectivity index (χ1) is 12.3. The molecule has 1 saturated heterocycles. The molecule has 0 radical (unpaired) electrons. The number of likely N-dealkylation sites (N-methyl/N-ethyl adjacent to an activating group) is 1. The zero-order valence-electron chi connectivity index (χ0n) is 14.3. The maximum atomic E-state index is 4.38. The predicted molar refractivity (Wildman–Crippen MR) is 101 cm³/mol. The van der Waals surface area contributed by atoms with E-state index in [1.54, 1.807) is 12.4 Å². The first-order valence-corrected chi connectivity index (χ1v) is 8.62. The number of nitrogens with one attached hydrogen (secondary N) is 2. The second kappa shape index (κ2) is 7.03. The van der Waals surface area contributed by atoms with E-state index in [0.29, 0.717) is 6.04 Å². The standard InChI is InChI=1S/C19H22N6/c1-25(15-4-6-20-12-15)19-5-7-21-13-18(19)24-11-14-2-3-16-17(10-14)23-9-8-22-16/h2-3,5,7-10,13,15,20,24H,4,6,11-12H2,1H3. The highest BCUT2D eigenvalue weighted by atomic mass is 15.2. The van der Waals surface area contributed by atoms with E-state index in [1.165, 1.54) is 17.7 Å². The van der Waals surface area contributed by atoms with Gasteiger partial charge in [-0.1, -0.05) is 6.07 Å². The van der Waals surface area contributed by atoms with Gasteiger partial charge in [-0.2, -0.15) is 0 Å². The monoisotopic (exact) mass is 334 g/mol. The van der Waals surface area contributed by atoms with Gasteiger partial charge < -0.3 is 15.5 Å². The van der Waals surface area contributed by atoms with Crippen LogP contribution in [0.15, 0.2) is 49.1 Å². The quantitative estimate of drug-likeness (QED) is 0.747. The van der Waals surface area contributed by atoms with Gasteiger partial charge >= 0.3 is 0 Å². The van der Waals surface area contributed by atoms with Crippen molar-refractivity contribution < 1.29 is 0 Å². The van der Waals surface area contributed by atoms with Crippen LogP contribution in [0.4, 0.5) is 11.4 Å². The maximum absolute atomic E-state index is 4.38. The summed E-state index contributed by atoms with van der Waals surface area (Å²) in [5.74, 6) is 0. The Bertz CT molecular complexity index is 859. The van der Waals surface area contributed by atoms with Crippen LogP contribution >= 0.6 is 0 Å². The Hall–Kier alpha value is -2.73. The van der Waals surface area contributed by atoms with Gasteiger partial charge in [0.15, 0.2) is 0 Å². The van der Waals surface area contributed by atoms with E-state index in [0.717, 1.165) is 36.4 Å². The van der Waals surface area contributed by atoms with Crippen LogP contribution in [0.3, 0.4) is 0 Å². The lowest BCUT2D eigenvalue weighted by molar-refractivity contribution is 0.685. The largest absolute Gasteiger partial charge is 0.378 e. The van der Waals surface area contributed by atoms with Crippen LogP contribution in [0.2, 0.25) is 0 Å². The lowest BCUT2D eigenvalue weighted by Crippen LogP contribution is -2.33. The van der Waals surface area contributed by atoms with Crippen LogP contribution < -0.4 is 15.5 Å². The minimum Gasteiger partial charge on any atom is -0.378 e. The average Bonchev–Trinajstić information content (AvgIpc) is 3.21. The molecule has 1 aliphatic rings. The van der Waals surface area contributed by atoms with Crippen LogP contribution in [0, 0.1) is 0 Å². The number of rotatable bonds is 5. The Morgan fingerprint density at radius 3 is 2.88 bits per heavy atom. The summed E-state index contributed by atoms with van der Waals surface area (Å²) in [5.41, 5.74) is 5.25. The third-order valence-electron chi connectivity index (χ3n) is 4.78. The topological polar surface area (TPSA) is 66.0 Å². The summed E-state index contributed by atoms with van der Waals surface area (Å²) in [4.78, 5) is 15.3. The highest BCUT2D eigenvalue weighted by Crippen LogP contribution is 2.27. The van der Waals surface area contributed by atoms with Crippen molar-refractivity contribution >= 4 is 22.4 Å². The van der Waals surface area contributed by atoms with Crippen molar-refractivity contribution in [1.82, 2.24) is 20.3 Å². The molecule has 2 N–H and O–H groups in total. The number of pyridine rings is 1. The van der Waals surface area contributed by atoms with Gasteiger partial charge in [-0.3, -0.25) is 15.0 Å². The Balaban J connectivity index is 1.52. The predicted octanol–water partition coefficient (Wildman–Crippen LogP) is 2.44. The summed E-state index contributed by atoms with van der Waals surface area (Å²) in [6.45, 7) is 2.84. The second-order valence-electron chi connectivity index (χ2n) is 6.38. The summed E-state index contributed by atoms with van der Waals surface area (Å²) in [6, 6.07) is 8.78. The maximum Gasteiger partial charge on any atom is 0.0890 e.